The summed E-state index contributed by atoms with van der Waals surface area (Å²) in [5.74, 6) is -1.72. The first-order chi connectivity index (χ1) is 16.6. The summed E-state index contributed by atoms with van der Waals surface area (Å²) in [7, 11) is -3.89. The fraction of sp³-hybridized carbons (Fsp3) is 0.731. The summed E-state index contributed by atoms with van der Waals surface area (Å²) in [4.78, 5) is 36.8. The molecule has 0 aliphatic heterocycles. The molecular weight excluding hydrogens is 488 g/mol. The number of ketones is 2. The van der Waals surface area contributed by atoms with E-state index in [4.69, 9.17) is 9.29 Å². The standard InChI is InChI=1S/C26H36O9S/c1-6-15-11-24(3)16(10-19(15)27)7-8-17-18-9-14(2)26(31,21(28)13-34-23(29)30)25(18,4)12-20(22(17)24)35-36(5,32)33/h10-11,14,17-18,20,22,31H,6-9,12-13H2,1-5H3,(H,29,30). The van der Waals surface area contributed by atoms with E-state index in [9.17, 15) is 27.9 Å². The lowest BCUT2D eigenvalue weighted by atomic mass is 9.46. The maximum Gasteiger partial charge on any atom is 0.506 e. The average molecular weight is 525 g/mol. The van der Waals surface area contributed by atoms with Crippen molar-refractivity contribution >= 4 is 27.8 Å². The number of fused-ring (bicyclic) bond motifs is 5. The van der Waals surface area contributed by atoms with Crippen molar-refractivity contribution in [1.29, 1.82) is 0 Å². The maximum atomic E-state index is 13.2. The zero-order valence-electron chi connectivity index (χ0n) is 21.4. The van der Waals surface area contributed by atoms with Gasteiger partial charge in [0.1, 0.15) is 5.60 Å². The summed E-state index contributed by atoms with van der Waals surface area (Å²) in [6, 6.07) is 0. The molecule has 0 spiro atoms. The molecule has 0 radical (unpaired) electrons. The van der Waals surface area contributed by atoms with Crippen LogP contribution in [0.15, 0.2) is 23.3 Å². The smallest absolute Gasteiger partial charge is 0.450 e. The molecule has 8 atom stereocenters. The first-order valence-corrected chi connectivity index (χ1v) is 14.4. The average Bonchev–Trinajstić information content (AvgIpc) is 2.97. The van der Waals surface area contributed by atoms with E-state index in [-0.39, 0.29) is 30.0 Å². The van der Waals surface area contributed by atoms with Crippen LogP contribution in [0, 0.1) is 34.5 Å². The molecule has 0 bridgehead atoms. The molecule has 4 rings (SSSR count). The van der Waals surface area contributed by atoms with Gasteiger partial charge in [0.2, 0.25) is 5.78 Å². The van der Waals surface area contributed by atoms with Gasteiger partial charge in [-0.15, -0.1) is 0 Å². The van der Waals surface area contributed by atoms with Crippen molar-refractivity contribution in [2.75, 3.05) is 12.9 Å². The van der Waals surface area contributed by atoms with Gasteiger partial charge in [0, 0.05) is 16.7 Å². The number of Topliss-reactive ketones (excluding diaryl/α,β-unsaturated/α-hetero) is 1. The Kier molecular flexibility index (Phi) is 6.58. The van der Waals surface area contributed by atoms with Crippen LogP contribution in [0.2, 0.25) is 0 Å². The van der Waals surface area contributed by atoms with Gasteiger partial charge >= 0.3 is 6.16 Å². The van der Waals surface area contributed by atoms with Crippen molar-refractivity contribution in [3.63, 3.8) is 0 Å². The molecule has 0 aromatic carbocycles. The Morgan fingerprint density at radius 3 is 2.50 bits per heavy atom. The van der Waals surface area contributed by atoms with E-state index in [1.807, 2.05) is 19.9 Å². The number of hydrogen-bond acceptors (Lipinski definition) is 8. The monoisotopic (exact) mass is 524 g/mol. The van der Waals surface area contributed by atoms with Crippen molar-refractivity contribution in [2.45, 2.75) is 71.5 Å². The van der Waals surface area contributed by atoms with Crippen LogP contribution in [-0.4, -0.2) is 60.9 Å². The molecule has 0 amide bonds. The van der Waals surface area contributed by atoms with Gasteiger partial charge in [0.05, 0.1) is 12.4 Å². The van der Waals surface area contributed by atoms with E-state index in [1.165, 1.54) is 0 Å². The van der Waals surface area contributed by atoms with Crippen molar-refractivity contribution in [3.8, 4) is 0 Å². The van der Waals surface area contributed by atoms with E-state index >= 15 is 0 Å². The molecule has 4 aliphatic rings. The highest BCUT2D eigenvalue weighted by molar-refractivity contribution is 7.86. The van der Waals surface area contributed by atoms with Gasteiger partial charge in [-0.1, -0.05) is 39.3 Å². The Bertz CT molecular complexity index is 1150. The molecule has 0 saturated heterocycles. The lowest BCUT2D eigenvalue weighted by Gasteiger charge is -2.60. The Morgan fingerprint density at radius 1 is 1.25 bits per heavy atom. The van der Waals surface area contributed by atoms with E-state index in [0.29, 0.717) is 31.3 Å². The minimum absolute atomic E-state index is 0.0162. The Balaban J connectivity index is 1.83. The van der Waals surface area contributed by atoms with Crippen LogP contribution in [0.25, 0.3) is 0 Å². The largest absolute Gasteiger partial charge is 0.506 e. The summed E-state index contributed by atoms with van der Waals surface area (Å²) in [6.07, 6.45) is 4.72. The number of allylic oxidation sites excluding steroid dienone is 4. The van der Waals surface area contributed by atoms with E-state index in [1.54, 1.807) is 19.9 Å². The maximum absolute atomic E-state index is 13.2. The highest BCUT2D eigenvalue weighted by Crippen LogP contribution is 2.69. The Labute approximate surface area is 212 Å². The molecule has 4 aliphatic carbocycles. The van der Waals surface area contributed by atoms with E-state index in [2.05, 4.69) is 4.74 Å². The zero-order chi connectivity index (χ0) is 26.8. The first kappa shape index (κ1) is 27.0. The third-order valence-electron chi connectivity index (χ3n) is 9.67. The summed E-state index contributed by atoms with van der Waals surface area (Å²) < 4.78 is 35.1. The predicted octanol–water partition coefficient (Wildman–Crippen LogP) is 3.27. The van der Waals surface area contributed by atoms with Gasteiger partial charge < -0.3 is 14.9 Å². The SMILES string of the molecule is CCC1=CC2(C)C(=CC1=O)CCC1C2C(OS(C)(=O)=O)CC2(C)C1CC(C)C2(O)C(=O)COC(=O)O. The predicted molar refractivity (Wildman–Crippen MR) is 129 cm³/mol. The van der Waals surface area contributed by atoms with Crippen LogP contribution in [0.5, 0.6) is 0 Å². The molecule has 3 saturated carbocycles. The molecule has 200 valence electrons. The van der Waals surface area contributed by atoms with Gasteiger partial charge in [-0.25, -0.2) is 4.79 Å². The minimum Gasteiger partial charge on any atom is -0.450 e. The molecule has 8 unspecified atom stereocenters. The van der Waals surface area contributed by atoms with Gasteiger partial charge in [-0.3, -0.25) is 13.8 Å². The topological polar surface area (TPSA) is 144 Å². The highest BCUT2D eigenvalue weighted by atomic mass is 32.2. The molecule has 3 fully saturated rings. The van der Waals surface area contributed by atoms with Gasteiger partial charge in [0.15, 0.2) is 12.4 Å². The third kappa shape index (κ3) is 3.96. The molecule has 2 N–H and O–H groups in total. The van der Waals surface area contributed by atoms with Crippen LogP contribution in [0.3, 0.4) is 0 Å². The van der Waals surface area contributed by atoms with Crippen LogP contribution in [0.4, 0.5) is 4.79 Å². The highest BCUT2D eigenvalue weighted by Gasteiger charge is 2.71. The van der Waals surface area contributed by atoms with Crippen molar-refractivity contribution in [1.82, 2.24) is 0 Å². The first-order valence-electron chi connectivity index (χ1n) is 12.5. The fourth-order valence-electron chi connectivity index (χ4n) is 8.23. The summed E-state index contributed by atoms with van der Waals surface area (Å²) in [5, 5.41) is 20.8. The van der Waals surface area contributed by atoms with E-state index < -0.39 is 57.1 Å². The second-order valence-electron chi connectivity index (χ2n) is 11.5. The fourth-order valence-corrected chi connectivity index (χ4v) is 8.86. The summed E-state index contributed by atoms with van der Waals surface area (Å²) in [5.41, 5.74) is -1.91. The number of aliphatic hydroxyl groups is 1. The van der Waals surface area contributed by atoms with Crippen LogP contribution in [-0.2, 0) is 28.6 Å². The lowest BCUT2D eigenvalue weighted by molar-refractivity contribution is -0.180. The molecule has 36 heavy (non-hydrogen) atoms. The molecule has 0 heterocycles. The summed E-state index contributed by atoms with van der Waals surface area (Å²) >= 11 is 0. The van der Waals surface area contributed by atoms with Crippen molar-refractivity contribution in [2.24, 2.45) is 34.5 Å². The van der Waals surface area contributed by atoms with Crippen molar-refractivity contribution < 1.29 is 41.9 Å². The Morgan fingerprint density at radius 2 is 1.92 bits per heavy atom. The number of hydrogen-bond donors (Lipinski definition) is 2. The molecule has 0 aromatic heterocycles. The second kappa shape index (κ2) is 8.77. The number of ether oxygens (including phenoxy) is 1. The van der Waals surface area contributed by atoms with Gasteiger partial charge in [0.25, 0.3) is 10.1 Å². The lowest BCUT2D eigenvalue weighted by Crippen LogP contribution is -2.63. The molecule has 9 nitrogen and oxygen atoms in total. The van der Waals surface area contributed by atoms with E-state index in [0.717, 1.165) is 11.8 Å². The normalized spacial score (nSPS) is 41.9. The number of carboxylic acid groups (broad SMARTS) is 1. The zero-order valence-corrected chi connectivity index (χ0v) is 22.3. The second-order valence-corrected chi connectivity index (χ2v) is 13.1. The van der Waals surface area contributed by atoms with Gasteiger partial charge in [-0.2, -0.15) is 8.42 Å². The third-order valence-corrected chi connectivity index (χ3v) is 10.3. The van der Waals surface area contributed by atoms with Crippen LogP contribution in [0.1, 0.15) is 59.8 Å². The number of rotatable bonds is 6. The molecule has 10 heteroatoms. The van der Waals surface area contributed by atoms with Crippen LogP contribution < -0.4 is 0 Å². The number of carbonyl (C=O) groups is 3. The Hall–Kier alpha value is -2.04. The summed E-state index contributed by atoms with van der Waals surface area (Å²) in [6.45, 7) is 6.74. The molecular formula is C26H36O9S. The van der Waals surface area contributed by atoms with Crippen molar-refractivity contribution in [3.05, 3.63) is 23.3 Å². The quantitative estimate of drug-likeness (QED) is 0.395. The van der Waals surface area contributed by atoms with Crippen LogP contribution >= 0.6 is 0 Å². The number of carbonyl (C=O) groups excluding carboxylic acids is 2. The minimum atomic E-state index is -3.89. The molecule has 0 aromatic rings. The van der Waals surface area contributed by atoms with Gasteiger partial charge in [-0.05, 0) is 61.5 Å².